The van der Waals surface area contributed by atoms with Crippen molar-refractivity contribution in [1.82, 2.24) is 5.32 Å². The Balaban J connectivity index is 2.66. The van der Waals surface area contributed by atoms with E-state index in [2.05, 4.69) is 10.0 Å². The Kier molecular flexibility index (Phi) is 6.84. The molecule has 22 heavy (non-hydrogen) atoms. The normalized spacial score (nSPS) is 13.9. The summed E-state index contributed by atoms with van der Waals surface area (Å²) in [4.78, 5) is 0. The van der Waals surface area contributed by atoms with Gasteiger partial charge in [0.15, 0.2) is 0 Å². The molecule has 1 rings (SSSR count). The Morgan fingerprint density at radius 2 is 1.68 bits per heavy atom. The third kappa shape index (κ3) is 5.59. The summed E-state index contributed by atoms with van der Waals surface area (Å²) in [6.07, 6.45) is 1.42. The molecule has 1 atom stereocenters. The van der Waals surface area contributed by atoms with E-state index in [1.165, 1.54) is 0 Å². The molecule has 0 aliphatic rings. The SMILES string of the molecule is CCC(O)(CC)CNC(C)c1ccc(NS(=O)(=O)CC)cc1. The second kappa shape index (κ2) is 7.94. The topological polar surface area (TPSA) is 78.4 Å². The number of hydrogen-bond acceptors (Lipinski definition) is 4. The summed E-state index contributed by atoms with van der Waals surface area (Å²) in [5, 5.41) is 13.6. The van der Waals surface area contributed by atoms with Crippen molar-refractivity contribution in [2.24, 2.45) is 0 Å². The Morgan fingerprint density at radius 3 is 2.14 bits per heavy atom. The highest BCUT2D eigenvalue weighted by Crippen LogP contribution is 2.19. The Morgan fingerprint density at radius 1 is 1.14 bits per heavy atom. The standard InChI is InChI=1S/C16H28N2O3S/c1-5-16(19,6-2)12-17-13(4)14-8-10-15(11-9-14)18-22(20,21)7-3/h8-11,13,17-19H,5-7,12H2,1-4H3. The Bertz CT molecular complexity index is 551. The quantitative estimate of drug-likeness (QED) is 0.651. The predicted octanol–water partition coefficient (Wildman–Crippen LogP) is 2.65. The van der Waals surface area contributed by atoms with Crippen LogP contribution in [-0.4, -0.2) is 31.4 Å². The molecule has 0 aliphatic heterocycles. The van der Waals surface area contributed by atoms with E-state index in [1.54, 1.807) is 19.1 Å². The molecule has 0 spiro atoms. The number of nitrogens with one attached hydrogen (secondary N) is 2. The maximum atomic E-state index is 11.5. The smallest absolute Gasteiger partial charge is 0.232 e. The van der Waals surface area contributed by atoms with Crippen molar-refractivity contribution in [2.45, 2.75) is 52.2 Å². The first-order chi connectivity index (χ1) is 10.2. The second-order valence-electron chi connectivity index (χ2n) is 5.66. The fourth-order valence-electron chi connectivity index (χ4n) is 2.05. The third-order valence-electron chi connectivity index (χ3n) is 4.12. The minimum absolute atomic E-state index is 0.0549. The molecule has 0 aliphatic carbocycles. The van der Waals surface area contributed by atoms with E-state index < -0.39 is 15.6 Å². The fourth-order valence-corrected chi connectivity index (χ4v) is 2.69. The maximum Gasteiger partial charge on any atom is 0.232 e. The van der Waals surface area contributed by atoms with Crippen LogP contribution in [0.4, 0.5) is 5.69 Å². The monoisotopic (exact) mass is 328 g/mol. The van der Waals surface area contributed by atoms with Crippen LogP contribution in [0.25, 0.3) is 0 Å². The lowest BCUT2D eigenvalue weighted by Crippen LogP contribution is -2.40. The fraction of sp³-hybridized carbons (Fsp3) is 0.625. The molecule has 1 aromatic rings. The van der Waals surface area contributed by atoms with Gasteiger partial charge in [0, 0.05) is 18.3 Å². The van der Waals surface area contributed by atoms with Crippen LogP contribution in [-0.2, 0) is 10.0 Å². The molecule has 0 fully saturated rings. The molecule has 126 valence electrons. The molecular formula is C16H28N2O3S. The third-order valence-corrected chi connectivity index (χ3v) is 5.42. The number of anilines is 1. The van der Waals surface area contributed by atoms with Gasteiger partial charge in [0.2, 0.25) is 10.0 Å². The van der Waals surface area contributed by atoms with Gasteiger partial charge in [0.05, 0.1) is 11.4 Å². The van der Waals surface area contributed by atoms with Crippen molar-refractivity contribution in [3.63, 3.8) is 0 Å². The summed E-state index contributed by atoms with van der Waals surface area (Å²) >= 11 is 0. The first kappa shape index (κ1) is 18.9. The molecule has 6 heteroatoms. The average molecular weight is 328 g/mol. The molecule has 1 unspecified atom stereocenters. The van der Waals surface area contributed by atoms with Crippen LogP contribution in [0.3, 0.4) is 0 Å². The minimum atomic E-state index is -3.24. The highest BCUT2D eigenvalue weighted by molar-refractivity contribution is 7.92. The predicted molar refractivity (Wildman–Crippen MR) is 91.5 cm³/mol. The van der Waals surface area contributed by atoms with Crippen molar-refractivity contribution < 1.29 is 13.5 Å². The minimum Gasteiger partial charge on any atom is -0.389 e. The largest absolute Gasteiger partial charge is 0.389 e. The summed E-state index contributed by atoms with van der Waals surface area (Å²) in [5.74, 6) is 0.0549. The lowest BCUT2D eigenvalue weighted by molar-refractivity contribution is 0.0303. The Hall–Kier alpha value is -1.11. The van der Waals surface area contributed by atoms with E-state index >= 15 is 0 Å². The summed E-state index contributed by atoms with van der Waals surface area (Å²) in [6, 6.07) is 7.38. The van der Waals surface area contributed by atoms with Gasteiger partial charge in [-0.25, -0.2) is 8.42 Å². The van der Waals surface area contributed by atoms with Gasteiger partial charge >= 0.3 is 0 Å². The molecule has 0 radical (unpaired) electrons. The lowest BCUT2D eigenvalue weighted by atomic mass is 9.96. The molecule has 0 aromatic heterocycles. The van der Waals surface area contributed by atoms with Crippen molar-refractivity contribution in [1.29, 1.82) is 0 Å². The van der Waals surface area contributed by atoms with Gasteiger partial charge in [-0.1, -0.05) is 26.0 Å². The molecule has 0 saturated heterocycles. The highest BCUT2D eigenvalue weighted by Gasteiger charge is 2.22. The van der Waals surface area contributed by atoms with Crippen molar-refractivity contribution in [3.05, 3.63) is 29.8 Å². The number of hydrogen-bond donors (Lipinski definition) is 3. The first-order valence-corrected chi connectivity index (χ1v) is 9.46. The molecule has 3 N–H and O–H groups in total. The molecule has 0 heterocycles. The van der Waals surface area contributed by atoms with Gasteiger partial charge < -0.3 is 10.4 Å². The summed E-state index contributed by atoms with van der Waals surface area (Å²) < 4.78 is 25.6. The van der Waals surface area contributed by atoms with Crippen LogP contribution in [0.5, 0.6) is 0 Å². The second-order valence-corrected chi connectivity index (χ2v) is 7.67. The van der Waals surface area contributed by atoms with Crippen molar-refractivity contribution >= 4 is 15.7 Å². The van der Waals surface area contributed by atoms with Gasteiger partial charge in [-0.2, -0.15) is 0 Å². The maximum absolute atomic E-state index is 11.5. The van der Waals surface area contributed by atoms with Crippen LogP contribution < -0.4 is 10.0 Å². The van der Waals surface area contributed by atoms with Gasteiger partial charge in [-0.05, 0) is 44.4 Å². The first-order valence-electron chi connectivity index (χ1n) is 7.81. The van der Waals surface area contributed by atoms with E-state index in [1.807, 2.05) is 32.9 Å². The zero-order valence-corrected chi connectivity index (χ0v) is 14.7. The molecular weight excluding hydrogens is 300 g/mol. The van der Waals surface area contributed by atoms with Crippen molar-refractivity contribution in [2.75, 3.05) is 17.0 Å². The van der Waals surface area contributed by atoms with Gasteiger partial charge in [0.25, 0.3) is 0 Å². The van der Waals surface area contributed by atoms with E-state index in [4.69, 9.17) is 0 Å². The average Bonchev–Trinajstić information content (AvgIpc) is 2.52. The van der Waals surface area contributed by atoms with Crippen LogP contribution in [0.15, 0.2) is 24.3 Å². The van der Waals surface area contributed by atoms with E-state index in [0.717, 1.165) is 5.56 Å². The van der Waals surface area contributed by atoms with E-state index in [0.29, 0.717) is 25.1 Å². The lowest BCUT2D eigenvalue weighted by Gasteiger charge is -2.27. The van der Waals surface area contributed by atoms with Crippen LogP contribution in [0.1, 0.15) is 52.1 Å². The highest BCUT2D eigenvalue weighted by atomic mass is 32.2. The molecule has 0 bridgehead atoms. The summed E-state index contributed by atoms with van der Waals surface area (Å²) in [5.41, 5.74) is 0.940. The zero-order chi connectivity index (χ0) is 16.8. The Labute approximate surface area is 134 Å². The number of aliphatic hydroxyl groups is 1. The molecule has 0 amide bonds. The number of sulfonamides is 1. The zero-order valence-electron chi connectivity index (χ0n) is 13.9. The summed E-state index contributed by atoms with van der Waals surface area (Å²) in [6.45, 7) is 8.11. The van der Waals surface area contributed by atoms with Gasteiger partial charge in [0.1, 0.15) is 0 Å². The van der Waals surface area contributed by atoms with Crippen molar-refractivity contribution in [3.8, 4) is 0 Å². The van der Waals surface area contributed by atoms with E-state index in [-0.39, 0.29) is 11.8 Å². The summed E-state index contributed by atoms with van der Waals surface area (Å²) in [7, 11) is -3.24. The molecule has 5 nitrogen and oxygen atoms in total. The van der Waals surface area contributed by atoms with Crippen LogP contribution >= 0.6 is 0 Å². The number of benzene rings is 1. The molecule has 0 saturated carbocycles. The van der Waals surface area contributed by atoms with Crippen LogP contribution in [0.2, 0.25) is 0 Å². The number of rotatable bonds is 9. The molecule has 1 aromatic carbocycles. The van der Waals surface area contributed by atoms with Gasteiger partial charge in [-0.15, -0.1) is 0 Å². The van der Waals surface area contributed by atoms with Crippen LogP contribution in [0, 0.1) is 0 Å². The van der Waals surface area contributed by atoms with E-state index in [9.17, 15) is 13.5 Å². The van der Waals surface area contributed by atoms with Gasteiger partial charge in [-0.3, -0.25) is 4.72 Å².